The fraction of sp³-hybridized carbons (Fsp3) is 0.636. The maximum atomic E-state index is 5.89. The molecule has 1 aliphatic heterocycles. The van der Waals surface area contributed by atoms with Crippen LogP contribution in [-0.4, -0.2) is 29.7 Å². The van der Waals surface area contributed by atoms with Crippen molar-refractivity contribution in [1.29, 1.82) is 0 Å². The summed E-state index contributed by atoms with van der Waals surface area (Å²) >= 11 is 5.80. The van der Waals surface area contributed by atoms with E-state index in [0.717, 1.165) is 26.2 Å². The number of hydrogen-bond donors (Lipinski definition) is 2. The molecule has 1 aromatic heterocycles. The summed E-state index contributed by atoms with van der Waals surface area (Å²) in [4.78, 5) is 8.09. The van der Waals surface area contributed by atoms with Crippen LogP contribution in [0.2, 0.25) is 5.28 Å². The lowest BCUT2D eigenvalue weighted by Gasteiger charge is -2.22. The van der Waals surface area contributed by atoms with Crippen molar-refractivity contribution in [3.8, 4) is 0 Å². The largest absolute Gasteiger partial charge is 0.394 e. The summed E-state index contributed by atoms with van der Waals surface area (Å²) in [7, 11) is 0. The molecule has 0 bridgehead atoms. The molecular weight excluding hydrogens is 240 g/mol. The molecule has 17 heavy (non-hydrogen) atoms. The van der Waals surface area contributed by atoms with Gasteiger partial charge in [0.2, 0.25) is 5.28 Å². The number of rotatable bonds is 3. The number of hydrogen-bond acceptors (Lipinski definition) is 5. The van der Waals surface area contributed by atoms with Gasteiger partial charge in [-0.15, -0.1) is 0 Å². The van der Waals surface area contributed by atoms with Crippen LogP contribution in [0.4, 0.5) is 11.5 Å². The zero-order chi connectivity index (χ0) is 12.3. The first kappa shape index (κ1) is 12.4. The minimum absolute atomic E-state index is 0.221. The predicted molar refractivity (Wildman–Crippen MR) is 68.2 cm³/mol. The minimum atomic E-state index is 0.221. The third-order valence-corrected chi connectivity index (χ3v) is 3.09. The molecule has 2 rings (SSSR count). The molecule has 1 saturated heterocycles. The average Bonchev–Trinajstić information content (AvgIpc) is 2.33. The number of anilines is 2. The van der Waals surface area contributed by atoms with Gasteiger partial charge in [0.1, 0.15) is 0 Å². The molecule has 0 saturated carbocycles. The summed E-state index contributed by atoms with van der Waals surface area (Å²) in [6.07, 6.45) is 2.29. The fourth-order valence-corrected chi connectivity index (χ4v) is 2.10. The Bertz CT molecular complexity index is 393. The number of halogens is 1. The van der Waals surface area contributed by atoms with E-state index in [-0.39, 0.29) is 5.28 Å². The van der Waals surface area contributed by atoms with Gasteiger partial charge in [-0.25, -0.2) is 4.98 Å². The second-order valence-electron chi connectivity index (χ2n) is 4.30. The van der Waals surface area contributed by atoms with Crippen molar-refractivity contribution < 1.29 is 4.74 Å². The molecule has 1 aliphatic rings. The molecule has 0 aromatic carbocycles. The van der Waals surface area contributed by atoms with Crippen LogP contribution in [0.3, 0.4) is 0 Å². The highest BCUT2D eigenvalue weighted by atomic mass is 35.5. The molecule has 94 valence electrons. The summed E-state index contributed by atoms with van der Waals surface area (Å²) in [6, 6.07) is 0. The topological polar surface area (TPSA) is 73.1 Å². The highest BCUT2D eigenvalue weighted by molar-refractivity contribution is 6.28. The van der Waals surface area contributed by atoms with Gasteiger partial charge in [0, 0.05) is 13.2 Å². The number of nitrogen functional groups attached to an aromatic ring is 1. The van der Waals surface area contributed by atoms with Gasteiger partial charge < -0.3 is 15.8 Å². The van der Waals surface area contributed by atoms with Crippen molar-refractivity contribution in [2.45, 2.75) is 19.8 Å². The Kier molecular flexibility index (Phi) is 4.02. The SMILES string of the molecule is Cc1nc(Cl)nc(NCC2CCCOC2)c1N. The number of ether oxygens (including phenoxy) is 1. The molecule has 1 aromatic rings. The van der Waals surface area contributed by atoms with E-state index in [1.165, 1.54) is 6.42 Å². The van der Waals surface area contributed by atoms with Gasteiger partial charge >= 0.3 is 0 Å². The number of aromatic nitrogens is 2. The molecule has 1 unspecified atom stereocenters. The zero-order valence-corrected chi connectivity index (χ0v) is 10.6. The Balaban J connectivity index is 1.98. The summed E-state index contributed by atoms with van der Waals surface area (Å²) in [5.41, 5.74) is 7.15. The Hall–Kier alpha value is -1.07. The standard InChI is InChI=1S/C11H17ClN4O/c1-7-9(13)10(16-11(12)15-7)14-5-8-3-2-4-17-6-8/h8H,2-6,13H2,1H3,(H,14,15,16). The van der Waals surface area contributed by atoms with Crippen LogP contribution in [0.25, 0.3) is 0 Å². The monoisotopic (exact) mass is 256 g/mol. The van der Waals surface area contributed by atoms with Gasteiger partial charge in [0.05, 0.1) is 18.0 Å². The molecule has 0 aliphatic carbocycles. The van der Waals surface area contributed by atoms with Gasteiger partial charge in [0.15, 0.2) is 5.82 Å². The van der Waals surface area contributed by atoms with Crippen LogP contribution < -0.4 is 11.1 Å². The summed E-state index contributed by atoms with van der Waals surface area (Å²) in [5, 5.41) is 3.45. The van der Waals surface area contributed by atoms with E-state index in [9.17, 15) is 0 Å². The van der Waals surface area contributed by atoms with E-state index >= 15 is 0 Å². The van der Waals surface area contributed by atoms with E-state index in [2.05, 4.69) is 15.3 Å². The van der Waals surface area contributed by atoms with E-state index in [0.29, 0.717) is 23.1 Å². The number of aryl methyl sites for hydroxylation is 1. The molecule has 0 radical (unpaired) electrons. The van der Waals surface area contributed by atoms with Crippen molar-refractivity contribution in [2.75, 3.05) is 30.8 Å². The summed E-state index contributed by atoms with van der Waals surface area (Å²) < 4.78 is 5.42. The van der Waals surface area contributed by atoms with Gasteiger partial charge in [0.25, 0.3) is 0 Å². The van der Waals surface area contributed by atoms with Gasteiger partial charge in [-0.2, -0.15) is 4.98 Å². The first-order chi connectivity index (χ1) is 8.16. The third-order valence-electron chi connectivity index (χ3n) is 2.92. The first-order valence-corrected chi connectivity index (χ1v) is 6.16. The van der Waals surface area contributed by atoms with E-state index in [1.54, 1.807) is 0 Å². The molecule has 5 nitrogen and oxygen atoms in total. The first-order valence-electron chi connectivity index (χ1n) is 5.78. The van der Waals surface area contributed by atoms with Crippen LogP contribution in [0.5, 0.6) is 0 Å². The third kappa shape index (κ3) is 3.20. The molecule has 0 spiro atoms. The highest BCUT2D eigenvalue weighted by Crippen LogP contribution is 2.22. The minimum Gasteiger partial charge on any atom is -0.394 e. The number of nitrogens with one attached hydrogen (secondary N) is 1. The van der Waals surface area contributed by atoms with Crippen LogP contribution in [0.1, 0.15) is 18.5 Å². The van der Waals surface area contributed by atoms with Crippen LogP contribution in [0.15, 0.2) is 0 Å². The molecule has 0 amide bonds. The average molecular weight is 257 g/mol. The highest BCUT2D eigenvalue weighted by Gasteiger charge is 2.15. The molecular formula is C11H17ClN4O. The van der Waals surface area contributed by atoms with Crippen molar-refractivity contribution in [3.05, 3.63) is 11.0 Å². The van der Waals surface area contributed by atoms with Gasteiger partial charge in [-0.3, -0.25) is 0 Å². The maximum absolute atomic E-state index is 5.89. The number of nitrogens with two attached hydrogens (primary N) is 1. The normalized spacial score (nSPS) is 20.2. The van der Waals surface area contributed by atoms with E-state index in [1.807, 2.05) is 6.92 Å². The molecule has 3 N–H and O–H groups in total. The van der Waals surface area contributed by atoms with Gasteiger partial charge in [-0.1, -0.05) is 0 Å². The van der Waals surface area contributed by atoms with Crippen LogP contribution >= 0.6 is 11.6 Å². The Morgan fingerprint density at radius 3 is 3.06 bits per heavy atom. The molecule has 1 fully saturated rings. The molecule has 1 atom stereocenters. The summed E-state index contributed by atoms with van der Waals surface area (Å²) in [5.74, 6) is 1.13. The second-order valence-corrected chi connectivity index (χ2v) is 4.64. The van der Waals surface area contributed by atoms with Gasteiger partial charge in [-0.05, 0) is 37.3 Å². The Labute approximate surface area is 106 Å². The van der Waals surface area contributed by atoms with Crippen molar-refractivity contribution in [2.24, 2.45) is 5.92 Å². The lowest BCUT2D eigenvalue weighted by atomic mass is 10.0. The summed E-state index contributed by atoms with van der Waals surface area (Å²) in [6.45, 7) is 4.29. The maximum Gasteiger partial charge on any atom is 0.224 e. The van der Waals surface area contributed by atoms with Crippen molar-refractivity contribution in [3.63, 3.8) is 0 Å². The predicted octanol–water partition coefficient (Wildman–Crippen LogP) is 1.86. The smallest absolute Gasteiger partial charge is 0.224 e. The number of nitrogens with zero attached hydrogens (tertiary/aromatic N) is 2. The fourth-order valence-electron chi connectivity index (χ4n) is 1.89. The zero-order valence-electron chi connectivity index (χ0n) is 9.87. The van der Waals surface area contributed by atoms with Crippen molar-refractivity contribution >= 4 is 23.1 Å². The van der Waals surface area contributed by atoms with E-state index in [4.69, 9.17) is 22.1 Å². The van der Waals surface area contributed by atoms with Crippen LogP contribution in [-0.2, 0) is 4.74 Å². The Morgan fingerprint density at radius 2 is 2.35 bits per heavy atom. The second kappa shape index (κ2) is 5.51. The van der Waals surface area contributed by atoms with E-state index < -0.39 is 0 Å². The van der Waals surface area contributed by atoms with Crippen LogP contribution in [0, 0.1) is 12.8 Å². The lowest BCUT2D eigenvalue weighted by Crippen LogP contribution is -2.25. The molecule has 2 heterocycles. The lowest BCUT2D eigenvalue weighted by molar-refractivity contribution is 0.0595. The Morgan fingerprint density at radius 1 is 1.53 bits per heavy atom. The molecule has 6 heteroatoms. The quantitative estimate of drug-likeness (QED) is 0.808. The van der Waals surface area contributed by atoms with Crippen molar-refractivity contribution in [1.82, 2.24) is 9.97 Å².